The van der Waals surface area contributed by atoms with Crippen molar-refractivity contribution in [2.24, 2.45) is 5.41 Å². The van der Waals surface area contributed by atoms with E-state index in [1.54, 1.807) is 30.3 Å². The first kappa shape index (κ1) is 46.4. The van der Waals surface area contributed by atoms with Crippen LogP contribution in [0.15, 0.2) is 61.2 Å². The number of carbonyl (C=O) groups is 6. The number of hydrogen-bond donors (Lipinski definition) is 0. The summed E-state index contributed by atoms with van der Waals surface area (Å²) in [4.78, 5) is 72.4. The predicted octanol–water partition coefficient (Wildman–Crippen LogP) is 5.81. The number of aryl methyl sites for hydroxylation is 1. The molecule has 0 aliphatic rings. The van der Waals surface area contributed by atoms with Gasteiger partial charge in [-0.1, -0.05) is 64.3 Å². The van der Waals surface area contributed by atoms with Crippen molar-refractivity contribution < 1.29 is 71.1 Å². The summed E-state index contributed by atoms with van der Waals surface area (Å²) in [6.07, 6.45) is 8.07. The highest BCUT2D eigenvalue weighted by Crippen LogP contribution is 2.32. The molecule has 0 N–H and O–H groups in total. The first-order valence-corrected chi connectivity index (χ1v) is 18.1. The monoisotopic (exact) mass is 786 g/mol. The molecule has 0 saturated carbocycles. The van der Waals surface area contributed by atoms with Gasteiger partial charge in [-0.25, -0.2) is 33.2 Å². The number of ether oxygens (including phenoxy) is 8. The van der Waals surface area contributed by atoms with Crippen molar-refractivity contribution in [2.45, 2.75) is 65.2 Å². The van der Waals surface area contributed by atoms with Crippen molar-refractivity contribution in [2.75, 3.05) is 53.9 Å². The maximum atomic E-state index is 15.2. The van der Waals surface area contributed by atoms with Gasteiger partial charge in [0, 0.05) is 11.6 Å². The molecule has 0 atom stereocenters. The largest absolute Gasteiger partial charge is 0.492 e. The first-order chi connectivity index (χ1) is 26.8. The van der Waals surface area contributed by atoms with Gasteiger partial charge in [0.05, 0.1) is 27.4 Å². The molecular weight excluding hydrogens is 735 g/mol. The van der Waals surface area contributed by atoms with Crippen LogP contribution in [-0.4, -0.2) is 89.7 Å². The van der Waals surface area contributed by atoms with Gasteiger partial charge in [-0.15, -0.1) is 0 Å². The van der Waals surface area contributed by atoms with Crippen molar-refractivity contribution in [1.29, 1.82) is 0 Å². The molecule has 2 aromatic carbocycles. The van der Waals surface area contributed by atoms with Crippen molar-refractivity contribution in [3.63, 3.8) is 0 Å². The SMILES string of the molecule is C=CC(=O)OCCCc1cc(-c2ccc(OCCCCCCCC)c(F)c2)ccc1OCC(COC(=O)C(=C)C)(COC(=O)C(=O)OC)COC(=O)C(=O)OC. The van der Waals surface area contributed by atoms with E-state index in [2.05, 4.69) is 29.6 Å². The molecular formula is C41H51FO14. The third-order valence-corrected chi connectivity index (χ3v) is 8.20. The van der Waals surface area contributed by atoms with Crippen LogP contribution in [0.4, 0.5) is 4.39 Å². The number of carbonyl (C=O) groups excluding carboxylic acids is 6. The molecule has 0 unspecified atom stereocenters. The second-order valence-electron chi connectivity index (χ2n) is 12.8. The molecule has 0 spiro atoms. The zero-order valence-electron chi connectivity index (χ0n) is 32.4. The number of methoxy groups -OCH3 is 2. The van der Waals surface area contributed by atoms with Gasteiger partial charge in [0.1, 0.15) is 37.6 Å². The Bertz CT molecular complexity index is 1650. The van der Waals surface area contributed by atoms with Gasteiger partial charge in [0.25, 0.3) is 0 Å². The second kappa shape index (κ2) is 24.6. The summed E-state index contributed by atoms with van der Waals surface area (Å²) >= 11 is 0. The van der Waals surface area contributed by atoms with Crippen LogP contribution in [0, 0.1) is 11.2 Å². The van der Waals surface area contributed by atoms with Crippen LogP contribution in [0.1, 0.15) is 64.4 Å². The van der Waals surface area contributed by atoms with E-state index in [1.165, 1.54) is 19.4 Å². The van der Waals surface area contributed by atoms with Crippen LogP contribution in [-0.2, 0) is 63.6 Å². The summed E-state index contributed by atoms with van der Waals surface area (Å²) in [6, 6.07) is 9.64. The molecule has 0 bridgehead atoms. The fraction of sp³-hybridized carbons (Fsp3) is 0.463. The Morgan fingerprint density at radius 3 is 1.77 bits per heavy atom. The van der Waals surface area contributed by atoms with E-state index in [9.17, 15) is 28.8 Å². The van der Waals surface area contributed by atoms with Crippen molar-refractivity contribution >= 4 is 35.8 Å². The van der Waals surface area contributed by atoms with Crippen LogP contribution in [0.2, 0.25) is 0 Å². The molecule has 0 aliphatic carbocycles. The van der Waals surface area contributed by atoms with Crippen molar-refractivity contribution in [3.8, 4) is 22.6 Å². The summed E-state index contributed by atoms with van der Waals surface area (Å²) in [7, 11) is 1.92. The van der Waals surface area contributed by atoms with Crippen LogP contribution in [0.25, 0.3) is 11.1 Å². The van der Waals surface area contributed by atoms with Gasteiger partial charge in [-0.05, 0) is 67.1 Å². The maximum absolute atomic E-state index is 15.2. The zero-order valence-corrected chi connectivity index (χ0v) is 32.4. The van der Waals surface area contributed by atoms with E-state index in [4.69, 9.17) is 28.4 Å². The molecule has 0 heterocycles. The van der Waals surface area contributed by atoms with Crippen LogP contribution < -0.4 is 9.47 Å². The minimum Gasteiger partial charge on any atom is -0.492 e. The summed E-state index contributed by atoms with van der Waals surface area (Å²) in [5.41, 5.74) is -0.000448. The van der Waals surface area contributed by atoms with Gasteiger partial charge >= 0.3 is 35.8 Å². The molecule has 14 nitrogen and oxygen atoms in total. The highest BCUT2D eigenvalue weighted by atomic mass is 19.1. The molecule has 0 fully saturated rings. The Hall–Kier alpha value is -5.73. The average molecular weight is 787 g/mol. The predicted molar refractivity (Wildman–Crippen MR) is 200 cm³/mol. The van der Waals surface area contributed by atoms with Crippen molar-refractivity contribution in [3.05, 3.63) is 72.6 Å². The van der Waals surface area contributed by atoms with Gasteiger partial charge in [-0.3, -0.25) is 0 Å². The van der Waals surface area contributed by atoms with Crippen LogP contribution in [0.3, 0.4) is 0 Å². The van der Waals surface area contributed by atoms with E-state index in [0.717, 1.165) is 52.4 Å². The fourth-order valence-electron chi connectivity index (χ4n) is 5.00. The first-order valence-electron chi connectivity index (χ1n) is 18.1. The molecule has 306 valence electrons. The minimum atomic E-state index is -1.72. The average Bonchev–Trinajstić information content (AvgIpc) is 3.20. The quantitative estimate of drug-likeness (QED) is 0.0410. The lowest BCUT2D eigenvalue weighted by molar-refractivity contribution is -0.177. The Labute approximate surface area is 326 Å². The Kier molecular flexibility index (Phi) is 20.4. The molecule has 2 rings (SSSR count). The zero-order chi connectivity index (χ0) is 41.5. The molecule has 0 aliphatic heterocycles. The van der Waals surface area contributed by atoms with E-state index >= 15 is 4.39 Å². The van der Waals surface area contributed by atoms with Crippen LogP contribution >= 0.6 is 0 Å². The normalized spacial score (nSPS) is 10.7. The number of halogens is 1. The highest BCUT2D eigenvalue weighted by Gasteiger charge is 2.39. The number of hydrogen-bond acceptors (Lipinski definition) is 14. The minimum absolute atomic E-state index is 0.0156. The summed E-state index contributed by atoms with van der Waals surface area (Å²) in [5.74, 6) is -7.11. The summed E-state index contributed by atoms with van der Waals surface area (Å²) in [6.45, 7) is 8.33. The fourth-order valence-corrected chi connectivity index (χ4v) is 5.00. The third kappa shape index (κ3) is 15.9. The maximum Gasteiger partial charge on any atom is 0.417 e. The molecule has 0 amide bonds. The highest BCUT2D eigenvalue weighted by molar-refractivity contribution is 6.30. The topological polar surface area (TPSA) is 176 Å². The molecule has 0 saturated heterocycles. The van der Waals surface area contributed by atoms with E-state index in [1.807, 2.05) is 0 Å². The standard InChI is InChI=1S/C41H51FO14/c1-7-9-10-11-12-13-20-51-34-19-17-30(23-32(34)42)29-16-18-33(31(22-29)15-14-21-52-35(43)8-2)53-24-41(25-54-36(44)28(3)4,26-55-39(47)37(45)49-5)27-56-40(48)38(46)50-6/h8,16-19,22-23H,2-3,7,9-15,20-21,24-27H2,1,4-6H3. The number of benzene rings is 2. The number of rotatable bonds is 24. The number of esters is 6. The van der Waals surface area contributed by atoms with E-state index in [0.29, 0.717) is 29.7 Å². The van der Waals surface area contributed by atoms with E-state index < -0.39 is 73.5 Å². The smallest absolute Gasteiger partial charge is 0.417 e. The van der Waals surface area contributed by atoms with Gasteiger partial charge in [0.2, 0.25) is 0 Å². The Balaban J connectivity index is 2.46. The lowest BCUT2D eigenvalue weighted by Crippen LogP contribution is -2.45. The third-order valence-electron chi connectivity index (χ3n) is 8.20. The molecule has 2 aromatic rings. The molecule has 0 radical (unpaired) electrons. The lowest BCUT2D eigenvalue weighted by Gasteiger charge is -2.32. The van der Waals surface area contributed by atoms with Gasteiger partial charge in [-0.2, -0.15) is 0 Å². The summed E-state index contributed by atoms with van der Waals surface area (Å²) < 4.78 is 56.7. The molecule has 15 heteroatoms. The van der Waals surface area contributed by atoms with Crippen LogP contribution in [0.5, 0.6) is 11.5 Å². The van der Waals surface area contributed by atoms with Crippen molar-refractivity contribution in [1.82, 2.24) is 0 Å². The summed E-state index contributed by atoms with van der Waals surface area (Å²) in [5, 5.41) is 0. The second-order valence-corrected chi connectivity index (χ2v) is 12.8. The lowest BCUT2D eigenvalue weighted by atomic mass is 9.91. The van der Waals surface area contributed by atoms with Gasteiger partial charge in [0.15, 0.2) is 11.6 Å². The Morgan fingerprint density at radius 2 is 1.21 bits per heavy atom. The molecule has 56 heavy (non-hydrogen) atoms. The molecule has 0 aromatic heterocycles. The van der Waals surface area contributed by atoms with Gasteiger partial charge < -0.3 is 37.9 Å². The number of unbranched alkanes of at least 4 members (excludes halogenated alkanes) is 5. The Morgan fingerprint density at radius 1 is 0.661 bits per heavy atom. The van der Waals surface area contributed by atoms with E-state index in [-0.39, 0.29) is 30.1 Å².